The lowest BCUT2D eigenvalue weighted by Gasteiger charge is -2.27. The molecule has 192 valence electrons. The fraction of sp³-hybridized carbons (Fsp3) is 0.269. The van der Waals surface area contributed by atoms with Gasteiger partial charge >= 0.3 is 12.1 Å². The van der Waals surface area contributed by atoms with E-state index in [1.807, 2.05) is 6.07 Å². The van der Waals surface area contributed by atoms with Gasteiger partial charge in [-0.25, -0.2) is 23.9 Å². The number of anilines is 2. The van der Waals surface area contributed by atoms with E-state index in [0.717, 1.165) is 11.1 Å². The van der Waals surface area contributed by atoms with Crippen LogP contribution in [0.1, 0.15) is 37.6 Å². The number of nitrogens with one attached hydrogen (secondary N) is 2. The van der Waals surface area contributed by atoms with Crippen molar-refractivity contribution in [3.8, 4) is 6.07 Å². The second-order valence-electron chi connectivity index (χ2n) is 9.06. The first-order valence-electron chi connectivity index (χ1n) is 11.3. The van der Waals surface area contributed by atoms with Gasteiger partial charge in [-0.15, -0.1) is 0 Å². The molecule has 1 heterocycles. The number of carbonyl (C=O) groups is 2. The van der Waals surface area contributed by atoms with Crippen molar-refractivity contribution in [3.63, 3.8) is 0 Å². The Morgan fingerprint density at radius 2 is 1.84 bits per heavy atom. The zero-order valence-corrected chi connectivity index (χ0v) is 21.3. The molecule has 0 aliphatic rings. The van der Waals surface area contributed by atoms with Gasteiger partial charge < -0.3 is 15.0 Å². The second-order valence-corrected chi connectivity index (χ2v) is 9.47. The van der Waals surface area contributed by atoms with E-state index in [1.54, 1.807) is 51.1 Å². The zero-order chi connectivity index (χ0) is 27.0. The molecule has 0 saturated heterocycles. The summed E-state index contributed by atoms with van der Waals surface area (Å²) in [6, 6.07) is 12.2. The van der Waals surface area contributed by atoms with Gasteiger partial charge in [0.15, 0.2) is 11.5 Å². The van der Waals surface area contributed by atoms with Crippen LogP contribution in [0.2, 0.25) is 5.02 Å². The zero-order valence-electron chi connectivity index (χ0n) is 20.6. The second kappa shape index (κ2) is 12.1. The van der Waals surface area contributed by atoms with Gasteiger partial charge in [0.25, 0.3) is 0 Å². The third-order valence-corrected chi connectivity index (χ3v) is 5.26. The Labute approximate surface area is 219 Å². The van der Waals surface area contributed by atoms with Gasteiger partial charge in [0.1, 0.15) is 17.5 Å². The molecule has 0 unspecified atom stereocenters. The summed E-state index contributed by atoms with van der Waals surface area (Å²) in [5.41, 5.74) is 1.43. The lowest BCUT2D eigenvalue weighted by Crippen LogP contribution is -2.37. The fourth-order valence-corrected chi connectivity index (χ4v) is 3.46. The molecule has 2 aromatic carbocycles. The van der Waals surface area contributed by atoms with Crippen LogP contribution in [0, 0.1) is 17.1 Å². The van der Waals surface area contributed by atoms with Gasteiger partial charge in [0.05, 0.1) is 12.4 Å². The van der Waals surface area contributed by atoms with Crippen molar-refractivity contribution in [3.05, 3.63) is 82.5 Å². The lowest BCUT2D eigenvalue weighted by atomic mass is 10.1. The largest absolute Gasteiger partial charge is 0.444 e. The van der Waals surface area contributed by atoms with E-state index in [0.29, 0.717) is 23.7 Å². The lowest BCUT2D eigenvalue weighted by molar-refractivity contribution is 0.0236. The maximum atomic E-state index is 13.3. The molecule has 0 fully saturated rings. The van der Waals surface area contributed by atoms with Crippen molar-refractivity contribution in [2.24, 2.45) is 0 Å². The number of nitrogens with zero attached hydrogens (tertiary/aromatic N) is 4. The molecule has 0 aliphatic carbocycles. The molecule has 0 radical (unpaired) electrons. The first kappa shape index (κ1) is 27.4. The Morgan fingerprint density at radius 1 is 1.11 bits per heavy atom. The molecular weight excluding hydrogens is 499 g/mol. The van der Waals surface area contributed by atoms with Crippen LogP contribution in [0.5, 0.6) is 0 Å². The van der Waals surface area contributed by atoms with Gasteiger partial charge in [0, 0.05) is 23.8 Å². The monoisotopic (exact) mass is 524 g/mol. The van der Waals surface area contributed by atoms with Gasteiger partial charge in [-0.05, 0) is 62.6 Å². The molecular formula is C26H26ClFN6O3. The van der Waals surface area contributed by atoms with Crippen LogP contribution in [-0.4, -0.2) is 39.1 Å². The highest BCUT2D eigenvalue weighted by atomic mass is 35.5. The average molecular weight is 525 g/mol. The highest BCUT2D eigenvalue weighted by molar-refractivity contribution is 6.31. The summed E-state index contributed by atoms with van der Waals surface area (Å²) in [6.45, 7) is 5.90. The quantitative estimate of drug-likeness (QED) is 0.405. The van der Waals surface area contributed by atoms with Crippen molar-refractivity contribution >= 4 is 35.2 Å². The maximum absolute atomic E-state index is 13.3. The molecule has 3 rings (SSSR count). The van der Waals surface area contributed by atoms with Gasteiger partial charge in [0.2, 0.25) is 0 Å². The van der Waals surface area contributed by atoms with Crippen molar-refractivity contribution in [2.45, 2.75) is 39.3 Å². The number of amides is 3. The summed E-state index contributed by atoms with van der Waals surface area (Å²) in [4.78, 5) is 34.4. The molecule has 0 atom stereocenters. The molecule has 3 aromatic rings. The number of benzene rings is 2. The molecule has 0 aliphatic heterocycles. The summed E-state index contributed by atoms with van der Waals surface area (Å²) in [5.74, 6) is -0.172. The SMILES string of the molecule is CC(C)(C)OC(=O)N(CCc1ccc(NC(=O)Nc2cnc(C#N)cn2)cc1Cl)Cc1ccc(F)cc1. The van der Waals surface area contributed by atoms with E-state index in [2.05, 4.69) is 20.6 Å². The molecule has 2 N–H and O–H groups in total. The molecule has 11 heteroatoms. The van der Waals surface area contributed by atoms with Gasteiger partial charge in [-0.1, -0.05) is 29.8 Å². The van der Waals surface area contributed by atoms with Crippen molar-refractivity contribution in [1.29, 1.82) is 5.26 Å². The summed E-state index contributed by atoms with van der Waals surface area (Å²) in [6.07, 6.45) is 2.45. The number of rotatable bonds is 7. The average Bonchev–Trinajstić information content (AvgIpc) is 2.83. The summed E-state index contributed by atoms with van der Waals surface area (Å²) < 4.78 is 18.8. The minimum Gasteiger partial charge on any atom is -0.444 e. The van der Waals surface area contributed by atoms with Gasteiger partial charge in [-0.3, -0.25) is 5.32 Å². The fourth-order valence-electron chi connectivity index (χ4n) is 3.18. The van der Waals surface area contributed by atoms with E-state index in [4.69, 9.17) is 21.6 Å². The predicted molar refractivity (Wildman–Crippen MR) is 138 cm³/mol. The smallest absolute Gasteiger partial charge is 0.410 e. The van der Waals surface area contributed by atoms with Crippen LogP contribution >= 0.6 is 11.6 Å². The Hall–Kier alpha value is -4.23. The van der Waals surface area contributed by atoms with Crippen LogP contribution in [0.25, 0.3) is 0 Å². The Bertz CT molecular complexity index is 1290. The number of aromatic nitrogens is 2. The molecule has 0 saturated carbocycles. The number of nitriles is 1. The molecule has 1 aromatic heterocycles. The molecule has 3 amide bonds. The summed E-state index contributed by atoms with van der Waals surface area (Å²) in [5, 5.41) is 14.3. The summed E-state index contributed by atoms with van der Waals surface area (Å²) >= 11 is 6.45. The number of ether oxygens (including phenoxy) is 1. The normalized spacial score (nSPS) is 10.8. The molecule has 37 heavy (non-hydrogen) atoms. The third-order valence-electron chi connectivity index (χ3n) is 4.91. The van der Waals surface area contributed by atoms with Crippen molar-refractivity contribution in [2.75, 3.05) is 17.2 Å². The molecule has 9 nitrogen and oxygen atoms in total. The molecule has 0 spiro atoms. The Morgan fingerprint density at radius 3 is 2.43 bits per heavy atom. The number of halogens is 2. The number of carbonyl (C=O) groups excluding carboxylic acids is 2. The third kappa shape index (κ3) is 8.74. The Kier molecular flexibility index (Phi) is 8.98. The number of hydrogen-bond donors (Lipinski definition) is 2. The highest BCUT2D eigenvalue weighted by Crippen LogP contribution is 2.23. The van der Waals surface area contributed by atoms with E-state index in [1.165, 1.54) is 29.4 Å². The van der Waals surface area contributed by atoms with Gasteiger partial charge in [-0.2, -0.15) is 5.26 Å². The number of hydrogen-bond acceptors (Lipinski definition) is 6. The first-order chi connectivity index (χ1) is 17.5. The molecule has 0 bridgehead atoms. The van der Waals surface area contributed by atoms with E-state index < -0.39 is 17.7 Å². The van der Waals surface area contributed by atoms with Crippen LogP contribution in [0.15, 0.2) is 54.9 Å². The van der Waals surface area contributed by atoms with Crippen LogP contribution in [0.3, 0.4) is 0 Å². The van der Waals surface area contributed by atoms with Crippen LogP contribution in [-0.2, 0) is 17.7 Å². The van der Waals surface area contributed by atoms with E-state index in [-0.39, 0.29) is 23.9 Å². The first-order valence-corrected chi connectivity index (χ1v) is 11.7. The highest BCUT2D eigenvalue weighted by Gasteiger charge is 2.22. The van der Waals surface area contributed by atoms with Crippen molar-refractivity contribution in [1.82, 2.24) is 14.9 Å². The number of urea groups is 1. The minimum atomic E-state index is -0.674. The van der Waals surface area contributed by atoms with E-state index in [9.17, 15) is 14.0 Å². The van der Waals surface area contributed by atoms with Crippen LogP contribution in [0.4, 0.5) is 25.5 Å². The topological polar surface area (TPSA) is 120 Å². The van der Waals surface area contributed by atoms with E-state index >= 15 is 0 Å². The minimum absolute atomic E-state index is 0.135. The maximum Gasteiger partial charge on any atom is 0.410 e. The standard InChI is InChI=1S/C26H26ClFN6O3/c1-26(2,3)37-25(36)34(16-17-4-7-19(28)8-5-17)11-10-18-6-9-20(12-22(18)27)32-24(35)33-23-15-30-21(13-29)14-31-23/h4-9,12,14-15H,10-11,16H2,1-3H3,(H2,31,32,33,35). The predicted octanol–water partition coefficient (Wildman–Crippen LogP) is 5.76. The van der Waals surface area contributed by atoms with Crippen molar-refractivity contribution < 1.29 is 18.7 Å². The Balaban J connectivity index is 1.64. The summed E-state index contributed by atoms with van der Waals surface area (Å²) in [7, 11) is 0. The van der Waals surface area contributed by atoms with Crippen LogP contribution < -0.4 is 10.6 Å².